The summed E-state index contributed by atoms with van der Waals surface area (Å²) >= 11 is 0. The lowest BCUT2D eigenvalue weighted by molar-refractivity contribution is -0.132. The van der Waals surface area contributed by atoms with E-state index in [1.807, 2.05) is 0 Å². The molecule has 0 aliphatic carbocycles. The Balaban J connectivity index is 4.57. The highest BCUT2D eigenvalue weighted by molar-refractivity contribution is 6.42. The van der Waals surface area contributed by atoms with E-state index in [2.05, 4.69) is 9.73 Å². The highest BCUT2D eigenvalue weighted by atomic mass is 16.5. The molecule has 0 aliphatic rings. The largest absolute Gasteiger partial charge is 0.464 e. The summed E-state index contributed by atoms with van der Waals surface area (Å²) in [4.78, 5) is 14.6. The van der Waals surface area contributed by atoms with Crippen LogP contribution in [0.15, 0.2) is 16.8 Å². The van der Waals surface area contributed by atoms with Crippen LogP contribution in [-0.2, 0) is 9.53 Å². The monoisotopic (exact) mass is 156 g/mol. The summed E-state index contributed by atoms with van der Waals surface area (Å²) in [6.45, 7) is 1.69. The molecule has 0 aromatic heterocycles. The van der Waals surface area contributed by atoms with Crippen molar-refractivity contribution in [1.82, 2.24) is 0 Å². The highest BCUT2D eigenvalue weighted by Crippen LogP contribution is 1.96. The van der Waals surface area contributed by atoms with Gasteiger partial charge < -0.3 is 10.5 Å². The molecule has 0 fully saturated rings. The highest BCUT2D eigenvalue weighted by Gasteiger charge is 2.11. The van der Waals surface area contributed by atoms with Gasteiger partial charge in [0.2, 0.25) is 0 Å². The van der Waals surface area contributed by atoms with Crippen LogP contribution in [0.3, 0.4) is 0 Å². The number of nitrogens with zero attached hydrogens (tertiary/aromatic N) is 1. The van der Waals surface area contributed by atoms with Gasteiger partial charge in [-0.15, -0.1) is 0 Å². The molecular formula is C7H12N2O2. The molecule has 4 heteroatoms. The van der Waals surface area contributed by atoms with Crippen LogP contribution in [-0.4, -0.2) is 25.8 Å². The van der Waals surface area contributed by atoms with Crippen LogP contribution in [0.4, 0.5) is 0 Å². The molecule has 11 heavy (non-hydrogen) atoms. The van der Waals surface area contributed by atoms with Crippen LogP contribution in [0.25, 0.3) is 0 Å². The van der Waals surface area contributed by atoms with E-state index < -0.39 is 5.97 Å². The van der Waals surface area contributed by atoms with Crippen LogP contribution >= 0.6 is 0 Å². The Labute approximate surface area is 65.7 Å². The fourth-order valence-corrected chi connectivity index (χ4v) is 0.604. The molecule has 0 aromatic carbocycles. The molecule has 0 saturated heterocycles. The van der Waals surface area contributed by atoms with Crippen molar-refractivity contribution >= 4 is 11.7 Å². The molecule has 62 valence electrons. The zero-order chi connectivity index (χ0) is 8.85. The van der Waals surface area contributed by atoms with E-state index in [-0.39, 0.29) is 5.71 Å². The minimum absolute atomic E-state index is 0.259. The Bertz CT molecular complexity index is 206. The van der Waals surface area contributed by atoms with Crippen molar-refractivity contribution in [2.75, 3.05) is 14.2 Å². The molecule has 2 N–H and O–H groups in total. The average Bonchev–Trinajstić information content (AvgIpc) is 2.05. The van der Waals surface area contributed by atoms with E-state index in [0.717, 1.165) is 0 Å². The third-order valence-electron chi connectivity index (χ3n) is 1.23. The number of hydrogen-bond acceptors (Lipinski definition) is 4. The summed E-state index contributed by atoms with van der Waals surface area (Å²) in [5.41, 5.74) is 6.06. The first-order chi connectivity index (χ1) is 5.17. The van der Waals surface area contributed by atoms with Crippen molar-refractivity contribution in [3.05, 3.63) is 11.8 Å². The number of ether oxygens (including phenoxy) is 1. The third kappa shape index (κ3) is 2.41. The minimum atomic E-state index is -0.466. The van der Waals surface area contributed by atoms with Crippen molar-refractivity contribution in [2.45, 2.75) is 6.92 Å². The van der Waals surface area contributed by atoms with Gasteiger partial charge in [0.05, 0.1) is 7.11 Å². The maximum absolute atomic E-state index is 10.9. The summed E-state index contributed by atoms with van der Waals surface area (Å²) in [6.07, 6.45) is 1.32. The molecule has 0 aliphatic heterocycles. The molecule has 0 atom stereocenters. The first-order valence-electron chi connectivity index (χ1n) is 3.11. The van der Waals surface area contributed by atoms with Crippen molar-refractivity contribution in [3.8, 4) is 0 Å². The normalized spacial score (nSPS) is 13.0. The average molecular weight is 156 g/mol. The van der Waals surface area contributed by atoms with E-state index in [9.17, 15) is 4.79 Å². The molecule has 0 amide bonds. The topological polar surface area (TPSA) is 64.7 Å². The molecule has 0 bridgehead atoms. The summed E-state index contributed by atoms with van der Waals surface area (Å²) in [7, 11) is 2.82. The van der Waals surface area contributed by atoms with Gasteiger partial charge in [0.25, 0.3) is 0 Å². The second-order valence-corrected chi connectivity index (χ2v) is 1.91. The van der Waals surface area contributed by atoms with Gasteiger partial charge >= 0.3 is 5.97 Å². The summed E-state index contributed by atoms with van der Waals surface area (Å²) in [5, 5.41) is 0. The number of methoxy groups -OCH3 is 1. The van der Waals surface area contributed by atoms with Crippen LogP contribution in [0.2, 0.25) is 0 Å². The number of nitrogens with two attached hydrogens (primary N) is 1. The number of esters is 1. The molecule has 0 unspecified atom stereocenters. The maximum atomic E-state index is 10.9. The van der Waals surface area contributed by atoms with Crippen LogP contribution in [0.1, 0.15) is 6.92 Å². The summed E-state index contributed by atoms with van der Waals surface area (Å²) in [5.74, 6) is -0.466. The standard InChI is InChI=1S/C7H12N2O2/c1-5(4-8)6(9-2)7(10)11-3/h4H,8H2,1-3H3/b5-4-,9-6?. The Hall–Kier alpha value is -1.32. The summed E-state index contributed by atoms with van der Waals surface area (Å²) in [6, 6.07) is 0. The Morgan fingerprint density at radius 3 is 2.45 bits per heavy atom. The number of carbonyl (C=O) groups excluding carboxylic acids is 1. The molecule has 0 radical (unpaired) electrons. The molecule has 0 aromatic rings. The zero-order valence-electron chi connectivity index (χ0n) is 6.92. The van der Waals surface area contributed by atoms with Gasteiger partial charge in [-0.25, -0.2) is 4.79 Å². The second kappa shape index (κ2) is 4.49. The lowest BCUT2D eigenvalue weighted by Gasteiger charge is -2.01. The van der Waals surface area contributed by atoms with Crippen LogP contribution < -0.4 is 5.73 Å². The minimum Gasteiger partial charge on any atom is -0.464 e. The van der Waals surface area contributed by atoms with Gasteiger partial charge in [-0.3, -0.25) is 4.99 Å². The van der Waals surface area contributed by atoms with E-state index in [4.69, 9.17) is 5.73 Å². The zero-order valence-corrected chi connectivity index (χ0v) is 6.92. The predicted octanol–water partition coefficient (Wildman–Crippen LogP) is 0.0927. The van der Waals surface area contributed by atoms with E-state index in [1.54, 1.807) is 6.92 Å². The van der Waals surface area contributed by atoms with Crippen LogP contribution in [0.5, 0.6) is 0 Å². The second-order valence-electron chi connectivity index (χ2n) is 1.91. The lowest BCUT2D eigenvalue weighted by atomic mass is 10.2. The van der Waals surface area contributed by atoms with Crippen LogP contribution in [0, 0.1) is 0 Å². The van der Waals surface area contributed by atoms with Crippen molar-refractivity contribution in [2.24, 2.45) is 10.7 Å². The van der Waals surface area contributed by atoms with Gasteiger partial charge in [0.15, 0.2) is 0 Å². The summed E-state index contributed by atoms with van der Waals surface area (Å²) < 4.78 is 4.46. The van der Waals surface area contributed by atoms with Crippen molar-refractivity contribution in [1.29, 1.82) is 0 Å². The fraction of sp³-hybridized carbons (Fsp3) is 0.429. The number of rotatable bonds is 2. The molecular weight excluding hydrogens is 144 g/mol. The third-order valence-corrected chi connectivity index (χ3v) is 1.23. The molecule has 0 saturated carbocycles. The lowest BCUT2D eigenvalue weighted by Crippen LogP contribution is -2.17. The smallest absolute Gasteiger partial charge is 0.356 e. The fourth-order valence-electron chi connectivity index (χ4n) is 0.604. The molecule has 4 nitrogen and oxygen atoms in total. The Morgan fingerprint density at radius 2 is 2.18 bits per heavy atom. The SMILES string of the molecule is CN=C(C(=O)OC)/C(C)=C\N. The van der Waals surface area contributed by atoms with Crippen molar-refractivity contribution < 1.29 is 9.53 Å². The molecule has 0 rings (SSSR count). The Kier molecular flexibility index (Phi) is 3.95. The van der Waals surface area contributed by atoms with E-state index >= 15 is 0 Å². The van der Waals surface area contributed by atoms with Gasteiger partial charge in [-0.05, 0) is 18.7 Å². The number of hydrogen-bond donors (Lipinski definition) is 1. The molecule has 0 spiro atoms. The number of aliphatic imine (C=N–C) groups is 1. The van der Waals surface area contributed by atoms with Gasteiger partial charge in [-0.1, -0.05) is 0 Å². The van der Waals surface area contributed by atoms with E-state index in [1.165, 1.54) is 20.4 Å². The maximum Gasteiger partial charge on any atom is 0.356 e. The molecule has 0 heterocycles. The van der Waals surface area contributed by atoms with E-state index in [0.29, 0.717) is 5.57 Å². The van der Waals surface area contributed by atoms with Gasteiger partial charge in [0.1, 0.15) is 5.71 Å². The number of carbonyl (C=O) groups is 1. The Morgan fingerprint density at radius 1 is 1.64 bits per heavy atom. The quantitative estimate of drug-likeness (QED) is 0.455. The van der Waals surface area contributed by atoms with Gasteiger partial charge in [0, 0.05) is 7.05 Å². The van der Waals surface area contributed by atoms with Crippen molar-refractivity contribution in [3.63, 3.8) is 0 Å². The predicted molar refractivity (Wildman–Crippen MR) is 43.3 cm³/mol. The first-order valence-corrected chi connectivity index (χ1v) is 3.11. The van der Waals surface area contributed by atoms with Gasteiger partial charge in [-0.2, -0.15) is 0 Å². The first kappa shape index (κ1) is 9.68.